The summed E-state index contributed by atoms with van der Waals surface area (Å²) >= 11 is 0. The Bertz CT molecular complexity index is 847. The van der Waals surface area contributed by atoms with E-state index in [0.29, 0.717) is 0 Å². The lowest BCUT2D eigenvalue weighted by atomic mass is 10.0. The van der Waals surface area contributed by atoms with Gasteiger partial charge in [-0.25, -0.2) is 4.79 Å². The minimum Gasteiger partial charge on any atom is -0.463 e. The van der Waals surface area contributed by atoms with E-state index in [2.05, 4.69) is 4.18 Å². The first-order valence-corrected chi connectivity index (χ1v) is 12.6. The molecular formula is C20H33NO14S. The van der Waals surface area contributed by atoms with E-state index in [0.717, 1.165) is 25.0 Å². The summed E-state index contributed by atoms with van der Waals surface area (Å²) in [6.45, 7) is 2.61. The second-order valence-corrected chi connectivity index (χ2v) is 9.21. The molecule has 0 radical (unpaired) electrons. The molecule has 16 heteroatoms. The summed E-state index contributed by atoms with van der Waals surface area (Å²) in [5.41, 5.74) is 0. The van der Waals surface area contributed by atoms with Gasteiger partial charge in [0.2, 0.25) is 6.29 Å². The van der Waals surface area contributed by atoms with Gasteiger partial charge in [-0.3, -0.25) is 23.5 Å². The summed E-state index contributed by atoms with van der Waals surface area (Å²) in [4.78, 5) is 48.4. The number of amides is 1. The van der Waals surface area contributed by atoms with Gasteiger partial charge in [0.05, 0.1) is 32.5 Å². The average molecular weight is 544 g/mol. The monoisotopic (exact) mass is 543 g/mol. The second-order valence-electron chi connectivity index (χ2n) is 7.57. The summed E-state index contributed by atoms with van der Waals surface area (Å²) in [6, 6.07) is 0. The molecule has 0 spiro atoms. The van der Waals surface area contributed by atoms with E-state index in [-0.39, 0.29) is 46.1 Å². The number of hydrogen-bond acceptors (Lipinski definition) is 14. The average Bonchev–Trinajstić information content (AvgIpc) is 2.74. The SMILES string of the molecule is COCCN(COCCOS(C)(=O)=O)C(=O)O[C@H]1C[C@@H](OC(C)=O)[C@@H](OC(C)=O)[C@@H](COC(C)=O)O1. The zero-order valence-electron chi connectivity index (χ0n) is 20.8. The van der Waals surface area contributed by atoms with Gasteiger partial charge in [0.1, 0.15) is 25.5 Å². The zero-order chi connectivity index (χ0) is 27.3. The second kappa shape index (κ2) is 15.6. The summed E-state index contributed by atoms with van der Waals surface area (Å²) in [7, 11) is -2.21. The van der Waals surface area contributed by atoms with Crippen molar-refractivity contribution in [1.82, 2.24) is 4.90 Å². The van der Waals surface area contributed by atoms with Crippen molar-refractivity contribution in [3.05, 3.63) is 0 Å². The summed E-state index contributed by atoms with van der Waals surface area (Å²) in [5, 5.41) is 0. The van der Waals surface area contributed by atoms with E-state index < -0.39 is 58.7 Å². The van der Waals surface area contributed by atoms with Gasteiger partial charge < -0.3 is 33.2 Å². The Morgan fingerprint density at radius 2 is 1.61 bits per heavy atom. The Morgan fingerprint density at radius 3 is 2.17 bits per heavy atom. The number of ether oxygens (including phenoxy) is 7. The molecule has 1 amide bonds. The number of carbonyl (C=O) groups excluding carboxylic acids is 4. The minimum atomic E-state index is -3.64. The van der Waals surface area contributed by atoms with Crippen LogP contribution in [0.5, 0.6) is 0 Å². The van der Waals surface area contributed by atoms with Crippen LogP contribution in [0.2, 0.25) is 0 Å². The highest BCUT2D eigenvalue weighted by atomic mass is 32.2. The maximum atomic E-state index is 12.8. The van der Waals surface area contributed by atoms with Crippen LogP contribution in [0.15, 0.2) is 0 Å². The molecule has 0 unspecified atom stereocenters. The van der Waals surface area contributed by atoms with E-state index >= 15 is 0 Å². The molecule has 1 saturated heterocycles. The Labute approximate surface area is 209 Å². The topological polar surface area (TPSA) is 179 Å². The molecule has 4 atom stereocenters. The lowest BCUT2D eigenvalue weighted by molar-refractivity contribution is -0.254. The van der Waals surface area contributed by atoms with Crippen LogP contribution >= 0.6 is 0 Å². The van der Waals surface area contributed by atoms with Gasteiger partial charge in [-0.2, -0.15) is 8.42 Å². The highest BCUT2D eigenvalue weighted by Crippen LogP contribution is 2.27. The van der Waals surface area contributed by atoms with Gasteiger partial charge in [0, 0.05) is 34.4 Å². The van der Waals surface area contributed by atoms with Gasteiger partial charge in [-0.15, -0.1) is 0 Å². The molecule has 1 fully saturated rings. The fourth-order valence-electron chi connectivity index (χ4n) is 2.99. The van der Waals surface area contributed by atoms with Gasteiger partial charge >= 0.3 is 24.0 Å². The van der Waals surface area contributed by atoms with Crippen LogP contribution in [0, 0.1) is 0 Å². The van der Waals surface area contributed by atoms with Gasteiger partial charge in [0.15, 0.2) is 6.10 Å². The molecule has 1 aliphatic heterocycles. The number of methoxy groups -OCH3 is 1. The largest absolute Gasteiger partial charge is 0.463 e. The predicted octanol–water partition coefficient (Wildman–Crippen LogP) is -0.437. The quantitative estimate of drug-likeness (QED) is 0.0904. The molecular weight excluding hydrogens is 510 g/mol. The molecule has 0 aromatic heterocycles. The fraction of sp³-hybridized carbons (Fsp3) is 0.800. The standard InChI is InChI=1S/C20H33NO14S/c1-13(22)30-11-17-19(33-15(3)24)16(32-14(2)23)10-18(34-17)35-20(25)21(6-7-28-4)12-29-8-9-31-36(5,26)27/h16-19H,6-12H2,1-5H3/t16-,17-,18+,19-/m1/s1. The number of rotatable bonds is 14. The van der Waals surface area contributed by atoms with Crippen molar-refractivity contribution >= 4 is 34.1 Å². The van der Waals surface area contributed by atoms with Crippen LogP contribution in [-0.2, 0) is 61.8 Å². The molecule has 1 heterocycles. The third-order valence-corrected chi connectivity index (χ3v) is 4.98. The Hall–Kier alpha value is -2.53. The van der Waals surface area contributed by atoms with Gasteiger partial charge in [-0.05, 0) is 0 Å². The molecule has 0 aliphatic carbocycles. The van der Waals surface area contributed by atoms with Gasteiger partial charge in [-0.1, -0.05) is 0 Å². The first-order chi connectivity index (χ1) is 16.8. The van der Waals surface area contributed by atoms with E-state index in [9.17, 15) is 27.6 Å². The van der Waals surface area contributed by atoms with Crippen molar-refractivity contribution in [2.75, 3.05) is 53.1 Å². The lowest BCUT2D eigenvalue weighted by Gasteiger charge is -2.39. The number of hydrogen-bond donors (Lipinski definition) is 0. The molecule has 1 aliphatic rings. The highest BCUT2D eigenvalue weighted by Gasteiger charge is 2.45. The predicted molar refractivity (Wildman–Crippen MR) is 118 cm³/mol. The molecule has 0 saturated carbocycles. The normalized spacial score (nSPS) is 21.8. The van der Waals surface area contributed by atoms with Crippen LogP contribution < -0.4 is 0 Å². The molecule has 0 aromatic rings. The molecule has 0 N–H and O–H groups in total. The molecule has 0 aromatic carbocycles. The third kappa shape index (κ3) is 13.0. The van der Waals surface area contributed by atoms with Crippen molar-refractivity contribution in [1.29, 1.82) is 0 Å². The van der Waals surface area contributed by atoms with Crippen LogP contribution in [0.25, 0.3) is 0 Å². The lowest BCUT2D eigenvalue weighted by Crippen LogP contribution is -2.55. The fourth-order valence-corrected chi connectivity index (χ4v) is 3.36. The Kier molecular flexibility index (Phi) is 13.6. The van der Waals surface area contributed by atoms with Crippen LogP contribution in [0.3, 0.4) is 0 Å². The molecule has 1 rings (SSSR count). The minimum absolute atomic E-state index is 0.0509. The van der Waals surface area contributed by atoms with Crippen LogP contribution in [0.1, 0.15) is 27.2 Å². The van der Waals surface area contributed by atoms with Crippen molar-refractivity contribution < 1.29 is 64.9 Å². The third-order valence-electron chi connectivity index (χ3n) is 4.38. The number of esters is 3. The first-order valence-electron chi connectivity index (χ1n) is 10.8. The van der Waals surface area contributed by atoms with Crippen molar-refractivity contribution in [2.45, 2.75) is 51.8 Å². The molecule has 208 valence electrons. The van der Waals surface area contributed by atoms with E-state index in [1.54, 1.807) is 0 Å². The maximum absolute atomic E-state index is 12.8. The molecule has 15 nitrogen and oxygen atoms in total. The molecule has 36 heavy (non-hydrogen) atoms. The summed E-state index contributed by atoms with van der Waals surface area (Å²) in [6.07, 6.45) is -4.73. The number of nitrogens with zero attached hydrogens (tertiary/aromatic N) is 1. The van der Waals surface area contributed by atoms with Gasteiger partial charge in [0.25, 0.3) is 10.1 Å². The Balaban J connectivity index is 2.90. The summed E-state index contributed by atoms with van der Waals surface area (Å²) < 4.78 is 63.3. The Morgan fingerprint density at radius 1 is 0.944 bits per heavy atom. The van der Waals surface area contributed by atoms with Crippen molar-refractivity contribution in [3.63, 3.8) is 0 Å². The first kappa shape index (κ1) is 31.5. The van der Waals surface area contributed by atoms with Crippen LogP contribution in [-0.4, -0.2) is 115 Å². The molecule has 0 bridgehead atoms. The smallest absolute Gasteiger partial charge is 0.414 e. The van der Waals surface area contributed by atoms with E-state index in [4.69, 9.17) is 33.2 Å². The summed E-state index contributed by atoms with van der Waals surface area (Å²) in [5.74, 6) is -2.00. The van der Waals surface area contributed by atoms with E-state index in [1.807, 2.05) is 0 Å². The number of carbonyl (C=O) groups is 4. The van der Waals surface area contributed by atoms with Crippen molar-refractivity contribution in [2.24, 2.45) is 0 Å². The highest BCUT2D eigenvalue weighted by molar-refractivity contribution is 7.85. The maximum Gasteiger partial charge on any atom is 0.414 e. The van der Waals surface area contributed by atoms with Crippen LogP contribution in [0.4, 0.5) is 4.79 Å². The van der Waals surface area contributed by atoms with Crippen molar-refractivity contribution in [3.8, 4) is 0 Å². The zero-order valence-corrected chi connectivity index (χ0v) is 21.6. The van der Waals surface area contributed by atoms with E-state index in [1.165, 1.54) is 14.0 Å².